The predicted octanol–water partition coefficient (Wildman–Crippen LogP) is 3.61. The molecule has 2 aromatic heterocycles. The van der Waals surface area contributed by atoms with E-state index in [0.29, 0.717) is 26.4 Å². The highest BCUT2D eigenvalue weighted by molar-refractivity contribution is 7.07. The van der Waals surface area contributed by atoms with Crippen LogP contribution >= 0.6 is 11.3 Å². The third-order valence-corrected chi connectivity index (χ3v) is 6.73. The molecule has 1 aliphatic rings. The Labute approximate surface area is 215 Å². The Morgan fingerprint density at radius 2 is 1.81 bits per heavy atom. The molecule has 2 aromatic carbocycles. The molecule has 0 N–H and O–H groups in total. The Bertz CT molecular complexity index is 1660. The van der Waals surface area contributed by atoms with Gasteiger partial charge in [0.05, 0.1) is 34.7 Å². The second kappa shape index (κ2) is 10.2. The molecule has 0 radical (unpaired) electrons. The smallest absolute Gasteiger partial charge is 0.379 e. The number of nitrogens with zero attached hydrogens (tertiary/aromatic N) is 2. The van der Waals surface area contributed by atoms with Gasteiger partial charge in [0.1, 0.15) is 5.75 Å². The number of furan rings is 1. The molecule has 0 aliphatic carbocycles. The molecule has 37 heavy (non-hydrogen) atoms. The van der Waals surface area contributed by atoms with Gasteiger partial charge >= 0.3 is 11.9 Å². The Kier molecular flexibility index (Phi) is 6.70. The summed E-state index contributed by atoms with van der Waals surface area (Å²) in [4.78, 5) is 43.7. The molecule has 0 spiro atoms. The molecule has 0 unspecified atom stereocenters. The Hall–Kier alpha value is -4.50. The van der Waals surface area contributed by atoms with E-state index in [2.05, 4.69) is 4.99 Å². The van der Waals surface area contributed by atoms with Crippen LogP contribution in [0.15, 0.2) is 98.5 Å². The number of aromatic nitrogens is 1. The summed E-state index contributed by atoms with van der Waals surface area (Å²) in [6, 6.07) is 18.6. The lowest BCUT2D eigenvalue weighted by Crippen LogP contribution is -2.39. The molecular weight excluding hydrogens is 492 g/mol. The number of benzene rings is 2. The van der Waals surface area contributed by atoms with Gasteiger partial charge in [-0.2, -0.15) is 0 Å². The Morgan fingerprint density at radius 3 is 2.49 bits per heavy atom. The standard InChI is InChI=1S/C28H22N2O6S/c1-3-34-27(33)23-17(2)29-28-30(24(23)19-8-5-4-6-9-19)25(31)22(37-28)16-18-11-13-20(14-12-18)36-26(32)21-10-7-15-35-21/h4-16,24H,3H2,1-2H3/b22-16-/t24-/m1/s1. The molecule has 3 heterocycles. The molecular formula is C28H22N2O6S. The zero-order valence-corrected chi connectivity index (χ0v) is 20.9. The highest BCUT2D eigenvalue weighted by Crippen LogP contribution is 2.30. The van der Waals surface area contributed by atoms with Gasteiger partial charge in [0, 0.05) is 0 Å². The molecule has 0 saturated carbocycles. The zero-order chi connectivity index (χ0) is 25.9. The van der Waals surface area contributed by atoms with Crippen LogP contribution in [-0.2, 0) is 9.53 Å². The van der Waals surface area contributed by atoms with Crippen molar-refractivity contribution in [2.75, 3.05) is 6.61 Å². The van der Waals surface area contributed by atoms with Gasteiger partial charge < -0.3 is 13.9 Å². The van der Waals surface area contributed by atoms with Crippen LogP contribution in [0, 0.1) is 0 Å². The van der Waals surface area contributed by atoms with E-state index >= 15 is 0 Å². The number of allylic oxidation sites excluding steroid dienone is 1. The van der Waals surface area contributed by atoms with Crippen molar-refractivity contribution in [1.82, 2.24) is 4.57 Å². The minimum absolute atomic E-state index is 0.107. The van der Waals surface area contributed by atoms with Gasteiger partial charge in [-0.25, -0.2) is 14.6 Å². The van der Waals surface area contributed by atoms with Crippen LogP contribution in [0.1, 0.15) is 41.6 Å². The maximum absolute atomic E-state index is 13.6. The first-order chi connectivity index (χ1) is 18.0. The van der Waals surface area contributed by atoms with E-state index in [9.17, 15) is 14.4 Å². The normalized spacial score (nSPS) is 15.2. The number of hydrogen-bond donors (Lipinski definition) is 0. The van der Waals surface area contributed by atoms with E-state index in [0.717, 1.165) is 11.1 Å². The largest absolute Gasteiger partial charge is 0.463 e. The van der Waals surface area contributed by atoms with Crippen molar-refractivity contribution < 1.29 is 23.5 Å². The fourth-order valence-corrected chi connectivity index (χ4v) is 5.12. The number of hydrogen-bond acceptors (Lipinski definition) is 8. The molecule has 9 heteroatoms. The average molecular weight is 515 g/mol. The van der Waals surface area contributed by atoms with Crippen LogP contribution in [0.3, 0.4) is 0 Å². The van der Waals surface area contributed by atoms with Gasteiger partial charge in [0.2, 0.25) is 5.76 Å². The number of carbonyl (C=O) groups excluding carboxylic acids is 2. The minimum Gasteiger partial charge on any atom is -0.463 e. The van der Waals surface area contributed by atoms with Crippen molar-refractivity contribution in [3.8, 4) is 5.75 Å². The van der Waals surface area contributed by atoms with E-state index in [4.69, 9.17) is 13.9 Å². The molecule has 0 saturated heterocycles. The van der Waals surface area contributed by atoms with E-state index in [1.54, 1.807) is 54.8 Å². The van der Waals surface area contributed by atoms with E-state index < -0.39 is 18.0 Å². The van der Waals surface area contributed by atoms with Gasteiger partial charge in [0.25, 0.3) is 5.56 Å². The third kappa shape index (κ3) is 4.81. The topological polar surface area (TPSA) is 100 Å². The molecule has 0 bridgehead atoms. The van der Waals surface area contributed by atoms with Crippen molar-refractivity contribution in [3.63, 3.8) is 0 Å². The minimum atomic E-state index is -0.651. The van der Waals surface area contributed by atoms with E-state index in [-0.39, 0.29) is 17.9 Å². The van der Waals surface area contributed by atoms with E-state index in [1.165, 1.54) is 23.7 Å². The number of esters is 2. The lowest BCUT2D eigenvalue weighted by Gasteiger charge is -2.24. The highest BCUT2D eigenvalue weighted by atomic mass is 32.1. The summed E-state index contributed by atoms with van der Waals surface area (Å²) in [5.74, 6) is -0.638. The van der Waals surface area contributed by atoms with Crippen LogP contribution in [0.2, 0.25) is 0 Å². The lowest BCUT2D eigenvalue weighted by atomic mass is 9.96. The summed E-state index contributed by atoms with van der Waals surface area (Å²) in [5.41, 5.74) is 2.12. The van der Waals surface area contributed by atoms with Gasteiger partial charge in [-0.15, -0.1) is 0 Å². The van der Waals surface area contributed by atoms with Crippen LogP contribution < -0.4 is 19.6 Å². The molecule has 5 rings (SSSR count). The predicted molar refractivity (Wildman–Crippen MR) is 137 cm³/mol. The molecule has 1 aliphatic heterocycles. The summed E-state index contributed by atoms with van der Waals surface area (Å²) in [6.45, 7) is 3.71. The SMILES string of the molecule is CCOC(=O)C1=C(C)N=c2s/c(=C\c3ccc(OC(=O)c4ccco4)cc3)c(=O)n2[C@@H]1c1ccccc1. The number of rotatable bonds is 6. The second-order valence-corrected chi connectivity index (χ2v) is 9.16. The van der Waals surface area contributed by atoms with Gasteiger partial charge in [-0.3, -0.25) is 9.36 Å². The number of carbonyl (C=O) groups is 2. The molecule has 8 nitrogen and oxygen atoms in total. The van der Waals surface area contributed by atoms with Gasteiger partial charge in [-0.05, 0) is 55.3 Å². The maximum Gasteiger partial charge on any atom is 0.379 e. The number of fused-ring (bicyclic) bond motifs is 1. The zero-order valence-electron chi connectivity index (χ0n) is 20.0. The van der Waals surface area contributed by atoms with E-state index in [1.807, 2.05) is 30.3 Å². The first-order valence-electron chi connectivity index (χ1n) is 11.6. The number of ether oxygens (including phenoxy) is 2. The van der Waals surface area contributed by atoms with Crippen molar-refractivity contribution >= 4 is 29.4 Å². The van der Waals surface area contributed by atoms with Crippen LogP contribution in [0.25, 0.3) is 6.08 Å². The molecule has 186 valence electrons. The summed E-state index contributed by atoms with van der Waals surface area (Å²) in [7, 11) is 0. The molecule has 0 amide bonds. The summed E-state index contributed by atoms with van der Waals surface area (Å²) >= 11 is 1.24. The monoisotopic (exact) mass is 514 g/mol. The summed E-state index contributed by atoms with van der Waals surface area (Å²) < 4.78 is 17.7. The van der Waals surface area contributed by atoms with Gasteiger partial charge in [0.15, 0.2) is 4.80 Å². The Balaban J connectivity index is 1.52. The van der Waals surface area contributed by atoms with Crippen molar-refractivity contribution in [1.29, 1.82) is 0 Å². The van der Waals surface area contributed by atoms with Crippen molar-refractivity contribution in [2.45, 2.75) is 19.9 Å². The summed E-state index contributed by atoms with van der Waals surface area (Å²) in [6.07, 6.45) is 3.14. The fourth-order valence-electron chi connectivity index (χ4n) is 4.08. The fraction of sp³-hybridized carbons (Fsp3) is 0.143. The van der Waals surface area contributed by atoms with Crippen molar-refractivity contribution in [3.05, 3.63) is 121 Å². The molecule has 1 atom stereocenters. The lowest BCUT2D eigenvalue weighted by molar-refractivity contribution is -0.139. The molecule has 4 aromatic rings. The highest BCUT2D eigenvalue weighted by Gasteiger charge is 2.33. The first-order valence-corrected chi connectivity index (χ1v) is 12.4. The van der Waals surface area contributed by atoms with Crippen LogP contribution in [0.4, 0.5) is 0 Å². The van der Waals surface area contributed by atoms with Crippen LogP contribution in [-0.4, -0.2) is 23.1 Å². The molecule has 0 fully saturated rings. The first kappa shape index (κ1) is 24.2. The third-order valence-electron chi connectivity index (χ3n) is 5.74. The Morgan fingerprint density at radius 1 is 1.05 bits per heavy atom. The number of thiazole rings is 1. The van der Waals surface area contributed by atoms with Crippen LogP contribution in [0.5, 0.6) is 5.75 Å². The maximum atomic E-state index is 13.6. The summed E-state index contributed by atoms with van der Waals surface area (Å²) in [5, 5.41) is 0. The quantitative estimate of drug-likeness (QED) is 0.288. The second-order valence-electron chi connectivity index (χ2n) is 8.15. The average Bonchev–Trinajstić information content (AvgIpc) is 3.54. The van der Waals surface area contributed by atoms with Crippen molar-refractivity contribution in [2.24, 2.45) is 4.99 Å². The van der Waals surface area contributed by atoms with Gasteiger partial charge in [-0.1, -0.05) is 53.8 Å².